The molecule has 1 heterocycles. The number of carbonyl (C=O) groups excluding carboxylic acids is 1. The molecule has 0 aliphatic carbocycles. The molecule has 0 bridgehead atoms. The van der Waals surface area contributed by atoms with Crippen LogP contribution in [0.4, 0.5) is 5.69 Å². The van der Waals surface area contributed by atoms with E-state index in [-0.39, 0.29) is 16.8 Å². The van der Waals surface area contributed by atoms with Crippen LogP contribution in [0.25, 0.3) is 26.9 Å². The molecule has 0 unspecified atom stereocenters. The molecule has 33 heavy (non-hydrogen) atoms. The summed E-state index contributed by atoms with van der Waals surface area (Å²) in [6.07, 6.45) is 3.09. The number of methoxy groups -OCH3 is 1. The fraction of sp³-hybridized carbons (Fsp3) is 0.0800. The first-order valence-corrected chi connectivity index (χ1v) is 11.3. The van der Waals surface area contributed by atoms with Crippen LogP contribution in [-0.2, 0) is 4.79 Å². The highest BCUT2D eigenvalue weighted by Crippen LogP contribution is 2.38. The second kappa shape index (κ2) is 9.81. The zero-order valence-electron chi connectivity index (χ0n) is 18.0. The van der Waals surface area contributed by atoms with Crippen LogP contribution in [0.5, 0.6) is 11.5 Å². The number of carbonyl (C=O) groups is 1. The summed E-state index contributed by atoms with van der Waals surface area (Å²) in [6.45, 7) is 1.80. The van der Waals surface area contributed by atoms with E-state index in [2.05, 4.69) is 15.6 Å². The largest absolute Gasteiger partial charge is 0.507 e. The fourth-order valence-electron chi connectivity index (χ4n) is 3.21. The molecule has 0 aliphatic heterocycles. The van der Waals surface area contributed by atoms with Crippen molar-refractivity contribution >= 4 is 56.6 Å². The Labute approximate surface area is 200 Å². The van der Waals surface area contributed by atoms with E-state index in [9.17, 15) is 9.90 Å². The van der Waals surface area contributed by atoms with Gasteiger partial charge in [-0.15, -0.1) is 11.3 Å². The molecule has 0 radical (unpaired) electrons. The molecule has 1 aromatic heterocycles. The number of nitrogens with one attached hydrogen (secondary N) is 2. The van der Waals surface area contributed by atoms with E-state index in [1.165, 1.54) is 17.4 Å². The van der Waals surface area contributed by atoms with E-state index in [0.29, 0.717) is 21.8 Å². The molecule has 0 aliphatic rings. The van der Waals surface area contributed by atoms with Gasteiger partial charge in [0.2, 0.25) is 5.91 Å². The summed E-state index contributed by atoms with van der Waals surface area (Å²) in [6, 6.07) is 18.7. The molecule has 4 rings (SSSR count). The van der Waals surface area contributed by atoms with Crippen molar-refractivity contribution in [3.05, 3.63) is 77.9 Å². The van der Waals surface area contributed by atoms with Gasteiger partial charge in [-0.2, -0.15) is 0 Å². The first-order chi connectivity index (χ1) is 15.9. The van der Waals surface area contributed by atoms with Crippen LogP contribution >= 0.6 is 23.6 Å². The van der Waals surface area contributed by atoms with Crippen LogP contribution in [0.2, 0.25) is 0 Å². The Bertz CT molecular complexity index is 1330. The molecule has 0 saturated heterocycles. The summed E-state index contributed by atoms with van der Waals surface area (Å²) >= 11 is 6.80. The summed E-state index contributed by atoms with van der Waals surface area (Å²) in [5.41, 5.74) is 3.65. The van der Waals surface area contributed by atoms with Crippen molar-refractivity contribution in [1.82, 2.24) is 10.3 Å². The fourth-order valence-corrected chi connectivity index (χ4v) is 4.41. The maximum Gasteiger partial charge on any atom is 0.250 e. The number of thiocarbonyl (C=S) groups is 1. The topological polar surface area (TPSA) is 83.5 Å². The molecular formula is C25H21N3O3S2. The Balaban J connectivity index is 1.46. The van der Waals surface area contributed by atoms with Gasteiger partial charge in [0.1, 0.15) is 16.5 Å². The maximum atomic E-state index is 12.3. The molecule has 3 aromatic carbocycles. The molecule has 0 saturated carbocycles. The average molecular weight is 476 g/mol. The first kappa shape index (κ1) is 22.4. The zero-order valence-corrected chi connectivity index (χ0v) is 19.6. The number of phenolic OH excluding ortho intramolecular Hbond substituents is 1. The lowest BCUT2D eigenvalue weighted by molar-refractivity contribution is -0.115. The quantitative estimate of drug-likeness (QED) is 0.200. The SMILES string of the molecule is COc1ccc(/C=C/C(=O)NC(=S)Nc2cc(C)c(O)c(-c3nc4ccccc4s3)c2)cc1. The third-order valence-corrected chi connectivity index (χ3v) is 6.14. The standard InChI is InChI=1S/C25H21N3O3S2/c1-15-13-17(14-19(23(15)30)24-27-20-5-3-4-6-21(20)33-24)26-25(32)28-22(29)12-9-16-7-10-18(31-2)11-8-16/h3-14,30H,1-2H3,(H2,26,28,29,32)/b12-9+. The number of para-hydroxylation sites is 1. The number of aromatic hydroxyl groups is 1. The first-order valence-electron chi connectivity index (χ1n) is 10.1. The molecule has 0 spiro atoms. The number of ether oxygens (including phenoxy) is 1. The smallest absolute Gasteiger partial charge is 0.250 e. The van der Waals surface area contributed by atoms with Gasteiger partial charge < -0.3 is 15.2 Å². The number of aryl methyl sites for hydroxylation is 1. The van der Waals surface area contributed by atoms with E-state index in [0.717, 1.165) is 21.5 Å². The summed E-state index contributed by atoms with van der Waals surface area (Å²) in [7, 11) is 1.60. The van der Waals surface area contributed by atoms with Crippen molar-refractivity contribution in [3.63, 3.8) is 0 Å². The van der Waals surface area contributed by atoms with Crippen molar-refractivity contribution in [2.24, 2.45) is 0 Å². The molecule has 1 amide bonds. The monoisotopic (exact) mass is 475 g/mol. The van der Waals surface area contributed by atoms with E-state index in [1.54, 1.807) is 32.2 Å². The minimum Gasteiger partial charge on any atom is -0.507 e. The highest BCUT2D eigenvalue weighted by atomic mass is 32.1. The van der Waals surface area contributed by atoms with Crippen LogP contribution in [0.15, 0.2) is 66.7 Å². The van der Waals surface area contributed by atoms with Gasteiger partial charge in [-0.3, -0.25) is 10.1 Å². The van der Waals surface area contributed by atoms with Crippen molar-refractivity contribution in [2.45, 2.75) is 6.92 Å². The third-order valence-electron chi connectivity index (χ3n) is 4.86. The van der Waals surface area contributed by atoms with Gasteiger partial charge in [0.25, 0.3) is 0 Å². The Hall–Kier alpha value is -3.75. The summed E-state index contributed by atoms with van der Waals surface area (Å²) in [5.74, 6) is 0.554. The van der Waals surface area contributed by atoms with Crippen LogP contribution in [-0.4, -0.2) is 28.2 Å². The number of nitrogens with zero attached hydrogens (tertiary/aromatic N) is 1. The van der Waals surface area contributed by atoms with Crippen LogP contribution < -0.4 is 15.4 Å². The van der Waals surface area contributed by atoms with Gasteiger partial charge >= 0.3 is 0 Å². The van der Waals surface area contributed by atoms with Gasteiger partial charge in [-0.25, -0.2) is 4.98 Å². The lowest BCUT2D eigenvalue weighted by atomic mass is 10.1. The Kier molecular flexibility index (Phi) is 6.67. The van der Waals surface area contributed by atoms with Gasteiger partial charge in [0.05, 0.1) is 22.9 Å². The highest BCUT2D eigenvalue weighted by Gasteiger charge is 2.14. The van der Waals surface area contributed by atoms with Gasteiger partial charge in [0.15, 0.2) is 5.11 Å². The summed E-state index contributed by atoms with van der Waals surface area (Å²) in [5, 5.41) is 17.1. The molecular weight excluding hydrogens is 454 g/mol. The number of amides is 1. The predicted octanol–water partition coefficient (Wildman–Crippen LogP) is 5.51. The normalized spacial score (nSPS) is 11.0. The lowest BCUT2D eigenvalue weighted by Crippen LogP contribution is -2.32. The van der Waals surface area contributed by atoms with Crippen LogP contribution in [0.3, 0.4) is 0 Å². The Morgan fingerprint density at radius 1 is 1.15 bits per heavy atom. The van der Waals surface area contributed by atoms with E-state index < -0.39 is 0 Å². The number of phenols is 1. The number of fused-ring (bicyclic) bond motifs is 1. The van der Waals surface area contributed by atoms with Crippen molar-refractivity contribution in [1.29, 1.82) is 0 Å². The molecule has 4 aromatic rings. The van der Waals surface area contributed by atoms with E-state index in [1.807, 2.05) is 48.5 Å². The summed E-state index contributed by atoms with van der Waals surface area (Å²) in [4.78, 5) is 16.9. The Morgan fingerprint density at radius 3 is 2.64 bits per heavy atom. The average Bonchev–Trinajstić information content (AvgIpc) is 3.24. The van der Waals surface area contributed by atoms with Crippen molar-refractivity contribution in [3.8, 4) is 22.1 Å². The van der Waals surface area contributed by atoms with Crippen molar-refractivity contribution in [2.75, 3.05) is 12.4 Å². The van der Waals surface area contributed by atoms with Gasteiger partial charge in [0, 0.05) is 11.8 Å². The molecule has 8 heteroatoms. The lowest BCUT2D eigenvalue weighted by Gasteiger charge is -2.12. The molecule has 3 N–H and O–H groups in total. The van der Waals surface area contributed by atoms with Gasteiger partial charge in [-0.05, 0) is 72.7 Å². The predicted molar refractivity (Wildman–Crippen MR) is 138 cm³/mol. The molecule has 6 nitrogen and oxygen atoms in total. The van der Waals surface area contributed by atoms with E-state index >= 15 is 0 Å². The molecule has 0 fully saturated rings. The number of hydrogen-bond donors (Lipinski definition) is 3. The highest BCUT2D eigenvalue weighted by molar-refractivity contribution is 7.80. The van der Waals surface area contributed by atoms with Crippen molar-refractivity contribution < 1.29 is 14.6 Å². The van der Waals surface area contributed by atoms with Gasteiger partial charge in [-0.1, -0.05) is 24.3 Å². The molecule has 0 atom stereocenters. The summed E-state index contributed by atoms with van der Waals surface area (Å²) < 4.78 is 6.16. The maximum absolute atomic E-state index is 12.3. The van der Waals surface area contributed by atoms with E-state index in [4.69, 9.17) is 17.0 Å². The van der Waals surface area contributed by atoms with Crippen LogP contribution in [0, 0.1) is 6.92 Å². The number of benzene rings is 3. The minimum atomic E-state index is -0.356. The third kappa shape index (κ3) is 5.36. The Morgan fingerprint density at radius 2 is 1.91 bits per heavy atom. The number of aromatic nitrogens is 1. The second-order valence-corrected chi connectivity index (χ2v) is 8.66. The zero-order chi connectivity index (χ0) is 23.4. The number of rotatable bonds is 5. The minimum absolute atomic E-state index is 0.153. The number of anilines is 1. The van der Waals surface area contributed by atoms with Crippen LogP contribution in [0.1, 0.15) is 11.1 Å². The number of thiazole rings is 1. The molecule has 166 valence electrons. The number of hydrogen-bond acceptors (Lipinski definition) is 6. The second-order valence-electron chi connectivity index (χ2n) is 7.23.